The van der Waals surface area contributed by atoms with Crippen LogP contribution in [0.5, 0.6) is 0 Å². The van der Waals surface area contributed by atoms with Crippen LogP contribution in [0.4, 0.5) is 21.8 Å². The molecular formula is C30H30ClFN6O2. The molecule has 1 aliphatic heterocycles. The highest BCUT2D eigenvalue weighted by atomic mass is 35.5. The van der Waals surface area contributed by atoms with Gasteiger partial charge in [0, 0.05) is 37.1 Å². The number of rotatable bonds is 8. The van der Waals surface area contributed by atoms with E-state index in [1.54, 1.807) is 42.6 Å². The smallest absolute Gasteiger partial charge is 0.262 e. The number of aryl methyl sites for hydroxylation is 1. The van der Waals surface area contributed by atoms with Gasteiger partial charge in [0.25, 0.3) is 5.91 Å². The van der Waals surface area contributed by atoms with Crippen molar-refractivity contribution in [1.82, 2.24) is 20.3 Å². The molecular weight excluding hydrogens is 531 g/mol. The molecule has 206 valence electrons. The van der Waals surface area contributed by atoms with Crippen LogP contribution in [0, 0.1) is 12.7 Å². The van der Waals surface area contributed by atoms with Gasteiger partial charge in [-0.3, -0.25) is 9.69 Å². The summed E-state index contributed by atoms with van der Waals surface area (Å²) in [6, 6.07) is 13.8. The second kappa shape index (κ2) is 12.5. The SMILES string of the molecule is COCC=C(Cl)c1ccnc(Nc2ccc(C(=O)N(c3nccc4cccc(C)c34)[C@@H]3CCCNC3)c(F)c2)n1. The number of benzene rings is 2. The van der Waals surface area contributed by atoms with E-state index in [4.69, 9.17) is 16.3 Å². The Hall–Kier alpha value is -3.92. The van der Waals surface area contributed by atoms with Crippen LogP contribution < -0.4 is 15.5 Å². The molecule has 40 heavy (non-hydrogen) atoms. The Morgan fingerprint density at radius 1 is 1.23 bits per heavy atom. The van der Waals surface area contributed by atoms with Gasteiger partial charge in [0.15, 0.2) is 0 Å². The zero-order chi connectivity index (χ0) is 28.1. The van der Waals surface area contributed by atoms with Crippen molar-refractivity contribution >= 4 is 50.8 Å². The number of hydrogen-bond acceptors (Lipinski definition) is 7. The zero-order valence-corrected chi connectivity index (χ0v) is 23.1. The summed E-state index contributed by atoms with van der Waals surface area (Å²) in [5.41, 5.74) is 1.86. The first-order chi connectivity index (χ1) is 19.5. The lowest BCUT2D eigenvalue weighted by molar-refractivity contribution is 0.0968. The third-order valence-corrected chi connectivity index (χ3v) is 7.20. The Balaban J connectivity index is 1.46. The highest BCUT2D eigenvalue weighted by Crippen LogP contribution is 2.32. The maximum absolute atomic E-state index is 15.6. The zero-order valence-electron chi connectivity index (χ0n) is 22.3. The van der Waals surface area contributed by atoms with Crippen molar-refractivity contribution in [2.45, 2.75) is 25.8 Å². The van der Waals surface area contributed by atoms with E-state index < -0.39 is 11.7 Å². The third-order valence-electron chi connectivity index (χ3n) is 6.85. The first kappa shape index (κ1) is 27.6. The monoisotopic (exact) mass is 560 g/mol. The van der Waals surface area contributed by atoms with Gasteiger partial charge in [0.2, 0.25) is 5.95 Å². The molecule has 0 saturated carbocycles. The summed E-state index contributed by atoms with van der Waals surface area (Å²) in [6.07, 6.45) is 6.64. The van der Waals surface area contributed by atoms with Crippen LogP contribution in [-0.2, 0) is 4.74 Å². The lowest BCUT2D eigenvalue weighted by Crippen LogP contribution is -2.49. The van der Waals surface area contributed by atoms with E-state index >= 15 is 4.39 Å². The van der Waals surface area contributed by atoms with Crippen molar-refractivity contribution < 1.29 is 13.9 Å². The first-order valence-corrected chi connectivity index (χ1v) is 13.5. The number of aromatic nitrogens is 3. The van der Waals surface area contributed by atoms with Crippen LogP contribution >= 0.6 is 11.6 Å². The fraction of sp³-hybridized carbons (Fsp3) is 0.267. The summed E-state index contributed by atoms with van der Waals surface area (Å²) in [7, 11) is 1.57. The number of methoxy groups -OCH3 is 1. The normalized spacial score (nSPS) is 15.7. The van der Waals surface area contributed by atoms with E-state index in [2.05, 4.69) is 25.6 Å². The summed E-state index contributed by atoms with van der Waals surface area (Å²) in [6.45, 7) is 3.82. The standard InChI is InChI=1S/C30H30ClFN6O2/c1-19-5-3-6-20-10-14-34-28(27(19)20)38(22-7-4-13-33-18-22)29(39)23-9-8-21(17-25(23)32)36-30-35-15-11-26(37-30)24(31)12-16-40-2/h3,5-6,8-12,14-15,17,22,33H,4,7,13,16,18H2,1-2H3,(H,35,36,37)/t22-/m1/s1. The summed E-state index contributed by atoms with van der Waals surface area (Å²) < 4.78 is 20.6. The number of nitrogens with one attached hydrogen (secondary N) is 2. The van der Waals surface area contributed by atoms with Crippen molar-refractivity contribution in [1.29, 1.82) is 0 Å². The quantitative estimate of drug-likeness (QED) is 0.280. The van der Waals surface area contributed by atoms with Crippen LogP contribution in [0.3, 0.4) is 0 Å². The second-order valence-electron chi connectivity index (χ2n) is 9.58. The van der Waals surface area contributed by atoms with Crippen LogP contribution in [0.25, 0.3) is 15.8 Å². The fourth-order valence-corrected chi connectivity index (χ4v) is 5.07. The Morgan fingerprint density at radius 3 is 2.85 bits per heavy atom. The number of nitrogens with zero attached hydrogens (tertiary/aromatic N) is 4. The minimum Gasteiger partial charge on any atom is -0.381 e. The maximum Gasteiger partial charge on any atom is 0.262 e. The van der Waals surface area contributed by atoms with E-state index in [1.165, 1.54) is 12.1 Å². The molecule has 2 N–H and O–H groups in total. The third kappa shape index (κ3) is 5.96. The highest BCUT2D eigenvalue weighted by molar-refractivity contribution is 6.48. The Morgan fingerprint density at radius 2 is 2.08 bits per heavy atom. The van der Waals surface area contributed by atoms with Gasteiger partial charge in [-0.2, -0.15) is 0 Å². The highest BCUT2D eigenvalue weighted by Gasteiger charge is 2.31. The number of carbonyl (C=O) groups excluding carboxylic acids is 1. The Bertz CT molecular complexity index is 1550. The first-order valence-electron chi connectivity index (χ1n) is 13.1. The molecule has 0 spiro atoms. The number of pyridine rings is 1. The largest absolute Gasteiger partial charge is 0.381 e. The van der Waals surface area contributed by atoms with Gasteiger partial charge in [-0.05, 0) is 73.7 Å². The van der Waals surface area contributed by atoms with E-state index in [0.717, 1.165) is 35.7 Å². The van der Waals surface area contributed by atoms with Gasteiger partial charge >= 0.3 is 0 Å². The van der Waals surface area contributed by atoms with Gasteiger partial charge in [0.05, 0.1) is 28.9 Å². The molecule has 1 amide bonds. The molecule has 3 heterocycles. The number of halogens is 2. The average Bonchev–Trinajstić information content (AvgIpc) is 2.97. The molecule has 5 rings (SSSR count). The van der Waals surface area contributed by atoms with Crippen molar-refractivity contribution in [3.8, 4) is 0 Å². The molecule has 2 aromatic carbocycles. The van der Waals surface area contributed by atoms with Gasteiger partial charge < -0.3 is 15.4 Å². The van der Waals surface area contributed by atoms with Crippen molar-refractivity contribution in [2.24, 2.45) is 0 Å². The average molecular weight is 561 g/mol. The number of anilines is 3. The molecule has 1 aliphatic rings. The van der Waals surface area contributed by atoms with Crippen LogP contribution in [-0.4, -0.2) is 53.7 Å². The molecule has 2 aromatic heterocycles. The molecule has 8 nitrogen and oxygen atoms in total. The predicted molar refractivity (Wildman–Crippen MR) is 157 cm³/mol. The molecule has 4 aromatic rings. The minimum absolute atomic E-state index is 0.0382. The van der Waals surface area contributed by atoms with E-state index in [1.807, 2.05) is 31.2 Å². The van der Waals surface area contributed by atoms with Gasteiger partial charge in [-0.1, -0.05) is 29.8 Å². The topological polar surface area (TPSA) is 92.3 Å². The molecule has 0 unspecified atom stereocenters. The van der Waals surface area contributed by atoms with Gasteiger partial charge in [-0.25, -0.2) is 19.3 Å². The molecule has 10 heteroatoms. The van der Waals surface area contributed by atoms with Crippen LogP contribution in [0.1, 0.15) is 34.5 Å². The maximum atomic E-state index is 15.6. The number of amides is 1. The minimum atomic E-state index is -0.657. The lowest BCUT2D eigenvalue weighted by Gasteiger charge is -2.35. The molecule has 0 aliphatic carbocycles. The van der Waals surface area contributed by atoms with Crippen LogP contribution in [0.2, 0.25) is 0 Å². The van der Waals surface area contributed by atoms with Crippen molar-refractivity contribution in [3.05, 3.63) is 89.6 Å². The lowest BCUT2D eigenvalue weighted by atomic mass is 10.0. The van der Waals surface area contributed by atoms with E-state index in [0.29, 0.717) is 35.4 Å². The van der Waals surface area contributed by atoms with E-state index in [9.17, 15) is 4.79 Å². The van der Waals surface area contributed by atoms with Crippen molar-refractivity contribution in [3.63, 3.8) is 0 Å². The van der Waals surface area contributed by atoms with Crippen molar-refractivity contribution in [2.75, 3.05) is 37.0 Å². The molecule has 1 fully saturated rings. The molecule has 0 radical (unpaired) electrons. The number of ether oxygens (including phenoxy) is 1. The van der Waals surface area contributed by atoms with Crippen LogP contribution in [0.15, 0.2) is 67.0 Å². The number of piperidine rings is 1. The summed E-state index contributed by atoms with van der Waals surface area (Å²) in [5, 5.41) is 8.64. The predicted octanol–water partition coefficient (Wildman–Crippen LogP) is 5.84. The fourth-order valence-electron chi connectivity index (χ4n) is 4.90. The molecule has 0 bridgehead atoms. The summed E-state index contributed by atoms with van der Waals surface area (Å²) in [4.78, 5) is 28.9. The summed E-state index contributed by atoms with van der Waals surface area (Å²) >= 11 is 6.28. The van der Waals surface area contributed by atoms with Gasteiger partial charge in [0.1, 0.15) is 11.6 Å². The Kier molecular flexibility index (Phi) is 8.64. The number of carbonyl (C=O) groups is 1. The summed E-state index contributed by atoms with van der Waals surface area (Å²) in [5.74, 6) is -0.311. The molecule has 1 atom stereocenters. The van der Waals surface area contributed by atoms with E-state index in [-0.39, 0.29) is 17.6 Å². The number of hydrogen-bond donors (Lipinski definition) is 2. The Labute approximate surface area is 237 Å². The second-order valence-corrected chi connectivity index (χ2v) is 9.98. The molecule has 1 saturated heterocycles. The number of fused-ring (bicyclic) bond motifs is 1. The van der Waals surface area contributed by atoms with Gasteiger partial charge in [-0.15, -0.1) is 0 Å².